The average molecular weight is 746 g/mol. The summed E-state index contributed by atoms with van der Waals surface area (Å²) in [6, 6.07) is 25.3. The molecule has 2 aliphatic carbocycles. The van der Waals surface area contributed by atoms with Crippen molar-refractivity contribution in [3.8, 4) is 17.2 Å². The Kier molecular flexibility index (Phi) is 8.06. The predicted molar refractivity (Wildman–Crippen MR) is 197 cm³/mol. The standard InChI is InChI=1S/C42H33ClFN3O7/c1-42-30(39(50)47(41(42)52)25-12-17-32(44)31(43)20-25)21-29-27(36(42)22-8-13-26(14-9-22)53-19-18-48)15-16-28-35(29)40(51)46(38(28)49)24-10-6-23(7-11-24)37-45-33-4-2-3-5-34(33)54-37/h2-15,17,20,28-30,35-36,48H,16,18-19,21H2,1H3/t28-,29+,30-,35-,36-,42+/m0/s1. The second-order valence-electron chi connectivity index (χ2n) is 14.4. The molecule has 4 amide bonds. The Morgan fingerprint density at radius 2 is 1.65 bits per heavy atom. The molecule has 1 N–H and O–H groups in total. The van der Waals surface area contributed by atoms with Gasteiger partial charge in [0.2, 0.25) is 29.5 Å². The summed E-state index contributed by atoms with van der Waals surface area (Å²) in [4.78, 5) is 64.6. The summed E-state index contributed by atoms with van der Waals surface area (Å²) in [6.07, 6.45) is 2.43. The van der Waals surface area contributed by atoms with Gasteiger partial charge in [0.1, 0.15) is 23.7 Å². The van der Waals surface area contributed by atoms with E-state index >= 15 is 0 Å². The summed E-state index contributed by atoms with van der Waals surface area (Å²) in [6.45, 7) is 1.72. The number of oxazole rings is 1. The highest BCUT2D eigenvalue weighted by atomic mass is 35.5. The van der Waals surface area contributed by atoms with Crippen LogP contribution in [0, 0.1) is 34.9 Å². The first kappa shape index (κ1) is 34.1. The Morgan fingerprint density at radius 1 is 0.907 bits per heavy atom. The number of aliphatic hydroxyl groups excluding tert-OH is 1. The first-order valence-corrected chi connectivity index (χ1v) is 18.2. The van der Waals surface area contributed by atoms with Crippen LogP contribution in [0.5, 0.6) is 5.75 Å². The van der Waals surface area contributed by atoms with Crippen LogP contribution in [0.1, 0.15) is 31.2 Å². The molecule has 9 rings (SSSR count). The molecule has 0 spiro atoms. The molecule has 5 aromatic rings. The van der Waals surface area contributed by atoms with E-state index in [9.17, 15) is 28.7 Å². The Bertz CT molecular complexity index is 2380. The minimum atomic E-state index is -1.29. The van der Waals surface area contributed by atoms with Gasteiger partial charge in [-0.25, -0.2) is 14.3 Å². The molecule has 4 aliphatic rings. The number of hydrogen-bond acceptors (Lipinski definition) is 8. The van der Waals surface area contributed by atoms with E-state index in [1.165, 1.54) is 17.0 Å². The minimum Gasteiger partial charge on any atom is -0.491 e. The van der Waals surface area contributed by atoms with E-state index in [-0.39, 0.29) is 48.6 Å². The number of carbonyl (C=O) groups is 4. The molecule has 3 fully saturated rings. The molecule has 54 heavy (non-hydrogen) atoms. The number of aromatic nitrogens is 1. The Balaban J connectivity index is 1.09. The zero-order valence-corrected chi connectivity index (χ0v) is 29.7. The van der Waals surface area contributed by atoms with Gasteiger partial charge in [0.15, 0.2) is 5.58 Å². The van der Waals surface area contributed by atoms with Crippen molar-refractivity contribution in [2.75, 3.05) is 23.0 Å². The number of imide groups is 2. The molecule has 12 heteroatoms. The number of hydrogen-bond donors (Lipinski definition) is 1. The van der Waals surface area contributed by atoms with Gasteiger partial charge in [0.25, 0.3) is 0 Å². The number of benzene rings is 4. The van der Waals surface area contributed by atoms with Crippen molar-refractivity contribution in [3.63, 3.8) is 0 Å². The molecule has 0 radical (unpaired) electrons. The number of rotatable bonds is 7. The second-order valence-corrected chi connectivity index (χ2v) is 14.9. The van der Waals surface area contributed by atoms with Gasteiger partial charge in [-0.2, -0.15) is 0 Å². The number of para-hydroxylation sites is 2. The third-order valence-electron chi connectivity index (χ3n) is 11.7. The normalized spacial score (nSPS) is 26.2. The van der Waals surface area contributed by atoms with Gasteiger partial charge in [-0.1, -0.05) is 47.5 Å². The zero-order valence-electron chi connectivity index (χ0n) is 28.9. The number of carbonyl (C=O) groups excluding carboxylic acids is 4. The number of fused-ring (bicyclic) bond motifs is 5. The van der Waals surface area contributed by atoms with Gasteiger partial charge < -0.3 is 14.3 Å². The smallest absolute Gasteiger partial charge is 0.241 e. The maximum atomic E-state index is 14.6. The van der Waals surface area contributed by atoms with Gasteiger partial charge in [-0.3, -0.25) is 24.1 Å². The molecular weight excluding hydrogens is 713 g/mol. The van der Waals surface area contributed by atoms with Crippen LogP contribution in [-0.2, 0) is 19.2 Å². The maximum absolute atomic E-state index is 14.6. The number of aliphatic hydroxyl groups is 1. The highest BCUT2D eigenvalue weighted by Gasteiger charge is 2.67. The fraction of sp³-hybridized carbons (Fsp3) is 0.262. The van der Waals surface area contributed by atoms with Crippen molar-refractivity contribution < 1.29 is 37.8 Å². The lowest BCUT2D eigenvalue weighted by Crippen LogP contribution is -2.48. The predicted octanol–water partition coefficient (Wildman–Crippen LogP) is 7.09. The first-order valence-electron chi connectivity index (χ1n) is 17.8. The van der Waals surface area contributed by atoms with Crippen LogP contribution in [0.4, 0.5) is 15.8 Å². The van der Waals surface area contributed by atoms with E-state index in [2.05, 4.69) is 4.98 Å². The van der Waals surface area contributed by atoms with Gasteiger partial charge >= 0.3 is 0 Å². The summed E-state index contributed by atoms with van der Waals surface area (Å²) in [5.74, 6) is -4.78. The number of anilines is 2. The number of allylic oxidation sites excluding steroid dienone is 2. The third kappa shape index (κ3) is 5.05. The Morgan fingerprint density at radius 3 is 2.37 bits per heavy atom. The summed E-state index contributed by atoms with van der Waals surface area (Å²) < 4.78 is 25.7. The van der Waals surface area contributed by atoms with Crippen molar-refractivity contribution in [2.45, 2.75) is 25.7 Å². The molecule has 2 saturated heterocycles. The highest BCUT2D eigenvalue weighted by molar-refractivity contribution is 6.32. The Hall–Kier alpha value is -5.65. The third-order valence-corrected chi connectivity index (χ3v) is 12.0. The van der Waals surface area contributed by atoms with Crippen molar-refractivity contribution in [1.82, 2.24) is 4.98 Å². The van der Waals surface area contributed by atoms with Crippen LogP contribution in [0.25, 0.3) is 22.6 Å². The monoisotopic (exact) mass is 745 g/mol. The fourth-order valence-electron chi connectivity index (χ4n) is 9.19. The molecule has 0 bridgehead atoms. The van der Waals surface area contributed by atoms with E-state index in [0.29, 0.717) is 34.0 Å². The summed E-state index contributed by atoms with van der Waals surface area (Å²) >= 11 is 6.12. The van der Waals surface area contributed by atoms with Crippen molar-refractivity contribution in [3.05, 3.63) is 119 Å². The summed E-state index contributed by atoms with van der Waals surface area (Å²) in [7, 11) is 0. The van der Waals surface area contributed by atoms with Gasteiger partial charge in [-0.05, 0) is 98.0 Å². The van der Waals surface area contributed by atoms with Gasteiger partial charge in [-0.15, -0.1) is 0 Å². The number of amides is 4. The van der Waals surface area contributed by atoms with Crippen LogP contribution in [0.3, 0.4) is 0 Å². The van der Waals surface area contributed by atoms with E-state index in [1.807, 2.05) is 42.5 Å². The Labute approximate surface area is 313 Å². The second kappa shape index (κ2) is 12.7. The van der Waals surface area contributed by atoms with Crippen LogP contribution < -0.4 is 14.5 Å². The van der Waals surface area contributed by atoms with E-state index in [4.69, 9.17) is 20.8 Å². The van der Waals surface area contributed by atoms with Crippen molar-refractivity contribution in [1.29, 1.82) is 0 Å². The van der Waals surface area contributed by atoms with E-state index in [1.54, 1.807) is 43.3 Å². The molecule has 1 aromatic heterocycles. The van der Waals surface area contributed by atoms with Crippen LogP contribution >= 0.6 is 11.6 Å². The van der Waals surface area contributed by atoms with Crippen LogP contribution in [-0.4, -0.2) is 46.9 Å². The molecule has 0 unspecified atom stereocenters. The molecule has 3 heterocycles. The molecule has 2 aliphatic heterocycles. The summed E-state index contributed by atoms with van der Waals surface area (Å²) in [5, 5.41) is 9.03. The lowest BCUT2D eigenvalue weighted by atomic mass is 9.51. The van der Waals surface area contributed by atoms with E-state index < -0.39 is 52.6 Å². The number of ether oxygens (including phenoxy) is 1. The lowest BCUT2D eigenvalue weighted by Gasteiger charge is -2.49. The van der Waals surface area contributed by atoms with Gasteiger partial charge in [0, 0.05) is 11.5 Å². The lowest BCUT2D eigenvalue weighted by molar-refractivity contribution is -0.131. The van der Waals surface area contributed by atoms with Crippen LogP contribution in [0.15, 0.2) is 107 Å². The van der Waals surface area contributed by atoms with Crippen molar-refractivity contribution >= 4 is 57.7 Å². The van der Waals surface area contributed by atoms with Crippen LogP contribution in [0.2, 0.25) is 5.02 Å². The molecule has 6 atom stereocenters. The van der Waals surface area contributed by atoms with Crippen molar-refractivity contribution in [2.24, 2.45) is 29.1 Å². The highest BCUT2D eigenvalue weighted by Crippen LogP contribution is 2.63. The molecule has 4 aromatic carbocycles. The molecule has 272 valence electrons. The fourth-order valence-corrected chi connectivity index (χ4v) is 9.36. The minimum absolute atomic E-state index is 0.104. The largest absolute Gasteiger partial charge is 0.491 e. The first-order chi connectivity index (χ1) is 26.1. The quantitative estimate of drug-likeness (QED) is 0.138. The average Bonchev–Trinajstić information content (AvgIpc) is 3.79. The summed E-state index contributed by atoms with van der Waals surface area (Å²) in [5.41, 5.74) is 2.91. The molecule has 1 saturated carbocycles. The number of halogens is 2. The SMILES string of the molecule is C[C@@]12C(=O)N(c3ccc(F)c(Cl)c3)C(=O)[C@@H]1C[C@@H]1C(=CC[C@@H]3C(=O)N(c4ccc(-c5nc6ccccc6o5)cc4)C(=O)[C@@H]31)[C@@H]2c1ccc(OCCO)cc1. The van der Waals surface area contributed by atoms with E-state index in [0.717, 1.165) is 22.1 Å². The topological polar surface area (TPSA) is 130 Å². The molecule has 10 nitrogen and oxygen atoms in total. The maximum Gasteiger partial charge on any atom is 0.241 e. The number of nitrogens with zero attached hydrogens (tertiary/aromatic N) is 3. The zero-order chi connectivity index (χ0) is 37.5. The molecular formula is C42H33ClFN3O7. The van der Waals surface area contributed by atoms with Gasteiger partial charge in [0.05, 0.1) is 46.2 Å².